The molecule has 2 amide bonds. The van der Waals surface area contributed by atoms with Gasteiger partial charge in [0.2, 0.25) is 0 Å². The number of urea groups is 1. The molecule has 6 nitrogen and oxygen atoms in total. The molecule has 1 unspecified atom stereocenters. The minimum atomic E-state index is -0.738. The van der Waals surface area contributed by atoms with Crippen molar-refractivity contribution in [1.82, 2.24) is 9.91 Å². The van der Waals surface area contributed by atoms with Gasteiger partial charge in [0.15, 0.2) is 0 Å². The summed E-state index contributed by atoms with van der Waals surface area (Å²) in [5.41, 5.74) is 7.48. The molecule has 2 aliphatic heterocycles. The normalized spacial score (nSPS) is 21.6. The van der Waals surface area contributed by atoms with Crippen molar-refractivity contribution in [1.29, 1.82) is 0 Å². The highest BCUT2D eigenvalue weighted by Crippen LogP contribution is 2.50. The van der Waals surface area contributed by atoms with E-state index in [0.717, 1.165) is 12.0 Å². The number of nitrogens with zero attached hydrogens (tertiary/aromatic N) is 3. The number of hydrazone groups is 1. The average molecular weight is 429 g/mol. The van der Waals surface area contributed by atoms with Crippen LogP contribution >= 0.6 is 11.8 Å². The van der Waals surface area contributed by atoms with Gasteiger partial charge < -0.3 is 15.4 Å². The van der Waals surface area contributed by atoms with Gasteiger partial charge in [-0.05, 0) is 37.1 Å². The Labute approximate surface area is 179 Å². The molecule has 0 radical (unpaired) electrons. The summed E-state index contributed by atoms with van der Waals surface area (Å²) in [6.07, 6.45) is 1.36. The number of amides is 2. The molecule has 1 atom stereocenters. The highest BCUT2D eigenvalue weighted by atomic mass is 32.2. The van der Waals surface area contributed by atoms with E-state index in [1.54, 1.807) is 16.0 Å². The first kappa shape index (κ1) is 20.8. The largest absolute Gasteiger partial charge is 0.378 e. The molecule has 2 heterocycles. The first-order valence-electron chi connectivity index (χ1n) is 10.1. The van der Waals surface area contributed by atoms with Gasteiger partial charge in [-0.1, -0.05) is 54.2 Å². The third-order valence-electron chi connectivity index (χ3n) is 5.28. The summed E-state index contributed by atoms with van der Waals surface area (Å²) < 4.78 is 19.3. The maximum absolute atomic E-state index is 13.9. The molecular formula is C22H25FN4O2S. The van der Waals surface area contributed by atoms with E-state index >= 15 is 0 Å². The molecule has 2 aliphatic rings. The molecule has 158 valence electrons. The zero-order chi connectivity index (χ0) is 21.0. The van der Waals surface area contributed by atoms with Crippen molar-refractivity contribution >= 4 is 22.8 Å². The molecule has 0 saturated carbocycles. The molecular weight excluding hydrogens is 403 g/mol. The predicted octanol–water partition coefficient (Wildman–Crippen LogP) is 3.58. The smallest absolute Gasteiger partial charge is 0.342 e. The van der Waals surface area contributed by atoms with Crippen LogP contribution < -0.4 is 5.73 Å². The average Bonchev–Trinajstić information content (AvgIpc) is 3.19. The van der Waals surface area contributed by atoms with Gasteiger partial charge in [0, 0.05) is 18.7 Å². The van der Waals surface area contributed by atoms with Crippen LogP contribution in [0.5, 0.6) is 0 Å². The third-order valence-corrected chi connectivity index (χ3v) is 6.74. The van der Waals surface area contributed by atoms with Crippen molar-refractivity contribution in [2.45, 2.75) is 17.7 Å². The highest BCUT2D eigenvalue weighted by molar-refractivity contribution is 8.15. The van der Waals surface area contributed by atoms with Gasteiger partial charge in [0.25, 0.3) is 0 Å². The van der Waals surface area contributed by atoms with Gasteiger partial charge in [-0.25, -0.2) is 9.18 Å². The van der Waals surface area contributed by atoms with Gasteiger partial charge in [-0.2, -0.15) is 10.1 Å². The van der Waals surface area contributed by atoms with Gasteiger partial charge in [0.1, 0.15) is 15.7 Å². The Bertz CT molecular complexity index is 920. The summed E-state index contributed by atoms with van der Waals surface area (Å²) >= 11 is 1.49. The van der Waals surface area contributed by atoms with Crippen molar-refractivity contribution in [2.75, 3.05) is 32.8 Å². The maximum Gasteiger partial charge on any atom is 0.342 e. The molecule has 2 N–H and O–H groups in total. The lowest BCUT2D eigenvalue weighted by Gasteiger charge is -2.39. The first-order valence-corrected chi connectivity index (χ1v) is 10.9. The highest BCUT2D eigenvalue weighted by Gasteiger charge is 2.49. The van der Waals surface area contributed by atoms with Gasteiger partial charge >= 0.3 is 6.03 Å². The van der Waals surface area contributed by atoms with E-state index in [1.807, 2.05) is 36.4 Å². The summed E-state index contributed by atoms with van der Waals surface area (Å²) in [5.74, 6) is -0.332. The number of hydrogen-bond acceptors (Lipinski definition) is 5. The van der Waals surface area contributed by atoms with Crippen molar-refractivity contribution in [3.05, 3.63) is 71.5 Å². The summed E-state index contributed by atoms with van der Waals surface area (Å²) in [4.78, 5) is 14.6. The third kappa shape index (κ3) is 4.08. The second kappa shape index (κ2) is 9.16. The number of nitrogens with two attached hydrogens (primary N) is 1. The number of halogens is 1. The Morgan fingerprint density at radius 3 is 2.63 bits per heavy atom. The van der Waals surface area contributed by atoms with E-state index in [9.17, 15) is 9.18 Å². The Balaban J connectivity index is 1.78. The molecule has 2 aromatic rings. The zero-order valence-corrected chi connectivity index (χ0v) is 17.5. The number of thioether (sulfide) groups is 1. The number of carbonyl (C=O) groups is 1. The van der Waals surface area contributed by atoms with Crippen LogP contribution in [0.3, 0.4) is 0 Å². The lowest BCUT2D eigenvalue weighted by molar-refractivity contribution is 0.0368. The summed E-state index contributed by atoms with van der Waals surface area (Å²) in [7, 11) is 0. The van der Waals surface area contributed by atoms with E-state index in [2.05, 4.69) is 0 Å². The van der Waals surface area contributed by atoms with Crippen molar-refractivity contribution in [3.63, 3.8) is 0 Å². The van der Waals surface area contributed by atoms with E-state index in [0.29, 0.717) is 49.9 Å². The van der Waals surface area contributed by atoms with Crippen LogP contribution in [-0.2, 0) is 9.61 Å². The van der Waals surface area contributed by atoms with E-state index in [1.165, 1.54) is 23.9 Å². The van der Waals surface area contributed by atoms with Crippen LogP contribution in [-0.4, -0.2) is 53.8 Å². The summed E-state index contributed by atoms with van der Waals surface area (Å²) in [6, 6.07) is 16.0. The second-order valence-corrected chi connectivity index (χ2v) is 8.52. The second-order valence-electron chi connectivity index (χ2n) is 7.25. The van der Waals surface area contributed by atoms with Crippen LogP contribution in [0, 0.1) is 5.82 Å². The SMILES string of the molecule is NCCCC1(c2ccccc2)SC(c2cccc(F)c2)=NN1C(=O)N1CCOCC1. The minimum absolute atomic E-state index is 0.168. The monoisotopic (exact) mass is 428 g/mol. The van der Waals surface area contributed by atoms with Crippen LogP contribution in [0.25, 0.3) is 0 Å². The summed E-state index contributed by atoms with van der Waals surface area (Å²) in [6.45, 7) is 2.56. The molecule has 0 spiro atoms. The molecule has 0 bridgehead atoms. The number of ether oxygens (including phenoxy) is 1. The Hall–Kier alpha value is -2.42. The van der Waals surface area contributed by atoms with E-state index in [4.69, 9.17) is 15.6 Å². The van der Waals surface area contributed by atoms with Gasteiger partial charge in [-0.3, -0.25) is 0 Å². The molecule has 0 aliphatic carbocycles. The number of rotatable bonds is 5. The summed E-state index contributed by atoms with van der Waals surface area (Å²) in [5, 5.41) is 6.93. The number of carbonyl (C=O) groups excluding carboxylic acids is 1. The fourth-order valence-corrected chi connectivity index (χ4v) is 5.13. The number of hydrogen-bond donors (Lipinski definition) is 1. The van der Waals surface area contributed by atoms with Crippen molar-refractivity contribution < 1.29 is 13.9 Å². The lowest BCUT2D eigenvalue weighted by atomic mass is 10.0. The molecule has 8 heteroatoms. The quantitative estimate of drug-likeness (QED) is 0.790. The first-order chi connectivity index (χ1) is 14.6. The van der Waals surface area contributed by atoms with Crippen molar-refractivity contribution in [3.8, 4) is 0 Å². The maximum atomic E-state index is 13.9. The molecule has 4 rings (SSSR count). The van der Waals surface area contributed by atoms with Crippen LogP contribution in [0.4, 0.5) is 9.18 Å². The predicted molar refractivity (Wildman–Crippen MR) is 117 cm³/mol. The topological polar surface area (TPSA) is 71.2 Å². The number of morpholine rings is 1. The lowest BCUT2D eigenvalue weighted by Crippen LogP contribution is -2.51. The standard InChI is InChI=1S/C22H25FN4O2S/c23-19-9-4-6-17(16-19)20-25-27(21(28)26-12-14-29-15-13-26)22(30-20,10-5-11-24)18-7-2-1-3-8-18/h1-4,6-9,16H,5,10-15,24H2. The van der Waals surface area contributed by atoms with Crippen LogP contribution in [0.15, 0.2) is 59.7 Å². The fraction of sp³-hybridized carbons (Fsp3) is 0.364. The Morgan fingerprint density at radius 1 is 1.17 bits per heavy atom. The van der Waals surface area contributed by atoms with Crippen molar-refractivity contribution in [2.24, 2.45) is 10.8 Å². The van der Waals surface area contributed by atoms with Gasteiger partial charge in [-0.15, -0.1) is 0 Å². The molecule has 1 saturated heterocycles. The van der Waals surface area contributed by atoms with Crippen LogP contribution in [0.2, 0.25) is 0 Å². The van der Waals surface area contributed by atoms with Gasteiger partial charge in [0.05, 0.1) is 13.2 Å². The molecule has 30 heavy (non-hydrogen) atoms. The molecule has 0 aromatic heterocycles. The molecule has 2 aromatic carbocycles. The van der Waals surface area contributed by atoms with Crippen LogP contribution in [0.1, 0.15) is 24.0 Å². The fourth-order valence-electron chi connectivity index (χ4n) is 3.74. The minimum Gasteiger partial charge on any atom is -0.378 e. The zero-order valence-electron chi connectivity index (χ0n) is 16.7. The Morgan fingerprint density at radius 2 is 1.93 bits per heavy atom. The molecule has 1 fully saturated rings. The number of benzene rings is 2. The van der Waals surface area contributed by atoms with E-state index < -0.39 is 4.87 Å². The Kier molecular flexibility index (Phi) is 6.36. The van der Waals surface area contributed by atoms with E-state index in [-0.39, 0.29) is 11.8 Å².